The van der Waals surface area contributed by atoms with Crippen LogP contribution in [-0.2, 0) is 23.9 Å². The molecule has 13 nitrogen and oxygen atoms in total. The summed E-state index contributed by atoms with van der Waals surface area (Å²) in [7, 11) is 1.75. The highest BCUT2D eigenvalue weighted by Crippen LogP contribution is 2.32. The van der Waals surface area contributed by atoms with E-state index in [0.29, 0.717) is 38.2 Å². The minimum Gasteiger partial charge on any atom is -0.383 e. The highest BCUT2D eigenvalue weighted by molar-refractivity contribution is 6.23. The number of carbonyl (C=O) groups excluding carboxylic acids is 6. The molecule has 266 valence electrons. The molecule has 0 aliphatic carbocycles. The van der Waals surface area contributed by atoms with Crippen LogP contribution in [-0.4, -0.2) is 101 Å². The second-order valence-corrected chi connectivity index (χ2v) is 12.8. The van der Waals surface area contributed by atoms with E-state index < -0.39 is 35.7 Å². The predicted molar refractivity (Wildman–Crippen MR) is 182 cm³/mol. The average Bonchev–Trinajstić information content (AvgIpc) is 3.38. The number of benzene rings is 2. The number of carbonyl (C=O) groups is 6. The van der Waals surface area contributed by atoms with Crippen molar-refractivity contribution in [2.45, 2.75) is 44.2 Å². The lowest BCUT2D eigenvalue weighted by molar-refractivity contribution is -0.141. The van der Waals surface area contributed by atoms with Gasteiger partial charge in [0.25, 0.3) is 11.8 Å². The van der Waals surface area contributed by atoms with E-state index in [9.17, 15) is 33.2 Å². The van der Waals surface area contributed by atoms with E-state index in [1.165, 1.54) is 18.2 Å². The topological polar surface area (TPSA) is 158 Å². The van der Waals surface area contributed by atoms with Crippen LogP contribution in [0.4, 0.5) is 10.1 Å². The van der Waals surface area contributed by atoms with Crippen LogP contribution in [0.3, 0.4) is 0 Å². The number of aromatic nitrogens is 1. The number of hydrogen-bond donors (Lipinski definition) is 2. The zero-order chi connectivity index (χ0) is 36.1. The Morgan fingerprint density at radius 1 is 0.980 bits per heavy atom. The van der Waals surface area contributed by atoms with E-state index in [2.05, 4.69) is 15.6 Å². The van der Waals surface area contributed by atoms with Gasteiger partial charge in [-0.2, -0.15) is 0 Å². The van der Waals surface area contributed by atoms with Crippen molar-refractivity contribution in [3.05, 3.63) is 95.1 Å². The van der Waals surface area contributed by atoms with Crippen molar-refractivity contribution in [1.82, 2.24) is 25.0 Å². The van der Waals surface area contributed by atoms with Gasteiger partial charge in [0.1, 0.15) is 11.9 Å². The SMILES string of the molecule is CN(C(=O)C1CCN(C(=O)CCOCCNc2ccc3c(c2)C(=O)N(C2CCC(=O)NC2=O)C3=O)CC1)C(c1ccc(F)cc1)c1cccnc1. The van der Waals surface area contributed by atoms with Gasteiger partial charge in [0, 0.05) is 57.1 Å². The van der Waals surface area contributed by atoms with E-state index in [1.54, 1.807) is 59.6 Å². The lowest BCUT2D eigenvalue weighted by Gasteiger charge is -2.36. The molecule has 4 heterocycles. The van der Waals surface area contributed by atoms with Crippen molar-refractivity contribution in [1.29, 1.82) is 0 Å². The molecule has 6 amide bonds. The van der Waals surface area contributed by atoms with E-state index >= 15 is 0 Å². The van der Waals surface area contributed by atoms with Gasteiger partial charge in [0.05, 0.1) is 36.8 Å². The van der Waals surface area contributed by atoms with Crippen LogP contribution in [0.2, 0.25) is 0 Å². The molecular formula is C37H39FN6O7. The molecule has 0 radical (unpaired) electrons. The molecule has 3 aliphatic heterocycles. The molecule has 2 atom stereocenters. The molecule has 0 bridgehead atoms. The summed E-state index contributed by atoms with van der Waals surface area (Å²) < 4.78 is 19.3. The van der Waals surface area contributed by atoms with Gasteiger partial charge in [-0.25, -0.2) is 4.39 Å². The fraction of sp³-hybridized carbons (Fsp3) is 0.378. The van der Waals surface area contributed by atoms with Gasteiger partial charge in [-0.05, 0) is 66.8 Å². The van der Waals surface area contributed by atoms with Crippen molar-refractivity contribution >= 4 is 41.1 Å². The largest absolute Gasteiger partial charge is 0.383 e. The van der Waals surface area contributed by atoms with Gasteiger partial charge in [-0.15, -0.1) is 0 Å². The quantitative estimate of drug-likeness (QED) is 0.214. The Balaban J connectivity index is 0.922. The molecule has 2 N–H and O–H groups in total. The molecule has 2 unspecified atom stereocenters. The van der Waals surface area contributed by atoms with Gasteiger partial charge >= 0.3 is 0 Å². The lowest BCUT2D eigenvalue weighted by atomic mass is 9.92. The van der Waals surface area contributed by atoms with E-state index in [-0.39, 0.29) is 67.2 Å². The van der Waals surface area contributed by atoms with Crippen LogP contribution in [0.5, 0.6) is 0 Å². The van der Waals surface area contributed by atoms with Crippen molar-refractivity contribution in [2.24, 2.45) is 5.92 Å². The monoisotopic (exact) mass is 698 g/mol. The summed E-state index contributed by atoms with van der Waals surface area (Å²) in [5.41, 5.74) is 2.57. The van der Waals surface area contributed by atoms with Crippen molar-refractivity contribution < 1.29 is 37.9 Å². The number of likely N-dealkylation sites (tertiary alicyclic amines) is 1. The van der Waals surface area contributed by atoms with Crippen LogP contribution < -0.4 is 10.6 Å². The first-order chi connectivity index (χ1) is 24.6. The number of rotatable bonds is 12. The second-order valence-electron chi connectivity index (χ2n) is 12.8. The Morgan fingerprint density at radius 3 is 2.43 bits per heavy atom. The van der Waals surface area contributed by atoms with Crippen LogP contribution >= 0.6 is 0 Å². The van der Waals surface area contributed by atoms with Gasteiger partial charge in [0.2, 0.25) is 23.6 Å². The standard InChI is InChI=1S/C37H39FN6O7/c1-42(33(25-3-2-15-39-22-25)23-4-6-26(38)7-5-23)35(48)24-12-17-43(18-13-24)32(46)14-19-51-20-16-40-27-8-9-28-29(21-27)37(50)44(36(28)49)30-10-11-31(45)41-34(30)47/h2-9,15,21-22,24,30,33,40H,10-14,16-20H2,1H3,(H,41,45,47). The number of pyridine rings is 1. The van der Waals surface area contributed by atoms with Crippen molar-refractivity contribution in [3.63, 3.8) is 0 Å². The second kappa shape index (κ2) is 15.6. The maximum atomic E-state index is 13.7. The lowest BCUT2D eigenvalue weighted by Crippen LogP contribution is -2.54. The molecule has 0 saturated carbocycles. The molecule has 1 aromatic heterocycles. The molecule has 51 heavy (non-hydrogen) atoms. The fourth-order valence-corrected chi connectivity index (χ4v) is 6.88. The van der Waals surface area contributed by atoms with Gasteiger partial charge in [-0.3, -0.25) is 44.0 Å². The minimum absolute atomic E-state index is 0.0397. The van der Waals surface area contributed by atoms with Crippen molar-refractivity contribution in [2.75, 3.05) is 45.2 Å². The molecule has 0 spiro atoms. The number of piperidine rings is 2. The molecule has 3 aliphatic rings. The average molecular weight is 699 g/mol. The van der Waals surface area contributed by atoms with E-state index in [4.69, 9.17) is 4.74 Å². The number of halogens is 1. The Hall–Kier alpha value is -5.50. The number of anilines is 1. The summed E-state index contributed by atoms with van der Waals surface area (Å²) in [6, 6.07) is 13.1. The number of fused-ring (bicyclic) bond motifs is 1. The summed E-state index contributed by atoms with van der Waals surface area (Å²) in [6.07, 6.45) is 4.76. The van der Waals surface area contributed by atoms with Gasteiger partial charge < -0.3 is 19.9 Å². The number of nitrogens with one attached hydrogen (secondary N) is 2. The summed E-state index contributed by atoms with van der Waals surface area (Å²) in [5.74, 6) is -2.94. The Bertz CT molecular complexity index is 1810. The van der Waals surface area contributed by atoms with Crippen LogP contribution in [0, 0.1) is 11.7 Å². The molecule has 2 fully saturated rings. The Kier molecular flexibility index (Phi) is 10.8. The first-order valence-electron chi connectivity index (χ1n) is 17.0. The molecular weight excluding hydrogens is 659 g/mol. The van der Waals surface area contributed by atoms with Crippen molar-refractivity contribution in [3.8, 4) is 0 Å². The smallest absolute Gasteiger partial charge is 0.262 e. The summed E-state index contributed by atoms with van der Waals surface area (Å²) >= 11 is 0. The van der Waals surface area contributed by atoms with Crippen LogP contribution in [0.25, 0.3) is 0 Å². The number of nitrogens with zero attached hydrogens (tertiary/aromatic N) is 4. The normalized spacial score (nSPS) is 18.4. The third-order valence-corrected chi connectivity index (χ3v) is 9.59. The third-order valence-electron chi connectivity index (χ3n) is 9.59. The van der Waals surface area contributed by atoms with E-state index in [1.807, 2.05) is 6.07 Å². The predicted octanol–water partition coefficient (Wildman–Crippen LogP) is 2.93. The number of amides is 6. The van der Waals surface area contributed by atoms with Crippen LogP contribution in [0.15, 0.2) is 67.0 Å². The summed E-state index contributed by atoms with van der Waals surface area (Å²) in [4.78, 5) is 84.8. The number of hydrogen-bond acceptors (Lipinski definition) is 9. The minimum atomic E-state index is -1.03. The fourth-order valence-electron chi connectivity index (χ4n) is 6.88. The zero-order valence-electron chi connectivity index (χ0n) is 28.2. The van der Waals surface area contributed by atoms with Gasteiger partial charge in [0.15, 0.2) is 0 Å². The van der Waals surface area contributed by atoms with Crippen LogP contribution in [0.1, 0.15) is 70.0 Å². The number of ether oxygens (including phenoxy) is 1. The van der Waals surface area contributed by atoms with Gasteiger partial charge in [-0.1, -0.05) is 18.2 Å². The maximum Gasteiger partial charge on any atom is 0.262 e. The highest BCUT2D eigenvalue weighted by atomic mass is 19.1. The first kappa shape index (κ1) is 35.3. The third kappa shape index (κ3) is 7.80. The molecule has 6 rings (SSSR count). The number of imide groups is 2. The molecule has 2 aromatic carbocycles. The molecule has 14 heteroatoms. The molecule has 3 aromatic rings. The Labute approximate surface area is 294 Å². The van der Waals surface area contributed by atoms with E-state index in [0.717, 1.165) is 16.0 Å². The maximum absolute atomic E-state index is 13.7. The zero-order valence-corrected chi connectivity index (χ0v) is 28.2. The highest BCUT2D eigenvalue weighted by Gasteiger charge is 2.44. The first-order valence-corrected chi connectivity index (χ1v) is 17.0. The molecule has 2 saturated heterocycles. The summed E-state index contributed by atoms with van der Waals surface area (Å²) in [5, 5.41) is 5.32. The Morgan fingerprint density at radius 2 is 1.73 bits per heavy atom. The summed E-state index contributed by atoms with van der Waals surface area (Å²) in [6.45, 7) is 1.79.